The van der Waals surface area contributed by atoms with Crippen LogP contribution in [0.4, 0.5) is 0 Å². The summed E-state index contributed by atoms with van der Waals surface area (Å²) < 4.78 is 0. The van der Waals surface area contributed by atoms with E-state index in [-0.39, 0.29) is 5.91 Å². The minimum absolute atomic E-state index is 0.171. The third-order valence-corrected chi connectivity index (χ3v) is 3.96. The van der Waals surface area contributed by atoms with Gasteiger partial charge in [0.05, 0.1) is 0 Å². The van der Waals surface area contributed by atoms with Gasteiger partial charge in [-0.2, -0.15) is 0 Å². The standard InChI is InChI=1S/C16H19NO/c1-12-8-10-17(11-9-12)16(18)15-6-4-14(5-7-15)13-2-3-13/h4-7,13H,1-3,8-11H2. The lowest BCUT2D eigenvalue weighted by molar-refractivity contribution is 0.0744. The van der Waals surface area contributed by atoms with Crippen molar-refractivity contribution < 1.29 is 4.79 Å². The van der Waals surface area contributed by atoms with Crippen LogP contribution in [0.5, 0.6) is 0 Å². The number of rotatable bonds is 2. The van der Waals surface area contributed by atoms with Crippen LogP contribution in [0.25, 0.3) is 0 Å². The molecule has 1 aliphatic carbocycles. The van der Waals surface area contributed by atoms with Gasteiger partial charge < -0.3 is 4.90 Å². The molecule has 1 aliphatic heterocycles. The second-order valence-electron chi connectivity index (χ2n) is 5.44. The molecule has 1 aromatic carbocycles. The summed E-state index contributed by atoms with van der Waals surface area (Å²) in [4.78, 5) is 14.2. The Kier molecular flexibility index (Phi) is 2.94. The predicted molar refractivity (Wildman–Crippen MR) is 72.7 cm³/mol. The fraction of sp³-hybridized carbons (Fsp3) is 0.438. The summed E-state index contributed by atoms with van der Waals surface area (Å²) in [6.45, 7) is 5.62. The number of amides is 1. The maximum absolute atomic E-state index is 12.3. The van der Waals surface area contributed by atoms with Crippen LogP contribution in [0, 0.1) is 0 Å². The zero-order valence-corrected chi connectivity index (χ0v) is 10.7. The highest BCUT2D eigenvalue weighted by Gasteiger charge is 2.24. The Balaban J connectivity index is 1.69. The van der Waals surface area contributed by atoms with Gasteiger partial charge in [-0.15, -0.1) is 0 Å². The Labute approximate surface area is 108 Å². The number of piperidine rings is 1. The molecule has 1 saturated heterocycles. The van der Waals surface area contributed by atoms with Gasteiger partial charge in [0.1, 0.15) is 0 Å². The third kappa shape index (κ3) is 2.33. The quantitative estimate of drug-likeness (QED) is 0.727. The smallest absolute Gasteiger partial charge is 0.253 e. The zero-order valence-electron chi connectivity index (χ0n) is 10.7. The summed E-state index contributed by atoms with van der Waals surface area (Å²) in [5, 5.41) is 0. The van der Waals surface area contributed by atoms with Crippen LogP contribution in [0.2, 0.25) is 0 Å². The average molecular weight is 241 g/mol. The van der Waals surface area contributed by atoms with E-state index in [2.05, 4.69) is 18.7 Å². The lowest BCUT2D eigenvalue weighted by Gasteiger charge is -2.28. The number of carbonyl (C=O) groups is 1. The molecule has 0 aromatic heterocycles. The van der Waals surface area contributed by atoms with E-state index in [1.54, 1.807) is 0 Å². The van der Waals surface area contributed by atoms with E-state index < -0.39 is 0 Å². The SMILES string of the molecule is C=C1CCN(C(=O)c2ccc(C3CC3)cc2)CC1. The summed E-state index contributed by atoms with van der Waals surface area (Å²) in [6, 6.07) is 8.21. The molecular weight excluding hydrogens is 222 g/mol. The Morgan fingerprint density at radius 2 is 1.72 bits per heavy atom. The Hall–Kier alpha value is -1.57. The summed E-state index contributed by atoms with van der Waals surface area (Å²) in [7, 11) is 0. The molecular formula is C16H19NO. The monoisotopic (exact) mass is 241 g/mol. The van der Waals surface area contributed by atoms with Crippen LogP contribution in [0.1, 0.15) is 47.5 Å². The molecule has 3 rings (SSSR count). The molecule has 0 bridgehead atoms. The number of likely N-dealkylation sites (tertiary alicyclic amines) is 1. The molecule has 0 radical (unpaired) electrons. The molecule has 18 heavy (non-hydrogen) atoms. The van der Waals surface area contributed by atoms with Crippen LogP contribution in [-0.4, -0.2) is 23.9 Å². The molecule has 0 atom stereocenters. The second kappa shape index (κ2) is 4.60. The van der Waals surface area contributed by atoms with E-state index in [9.17, 15) is 4.79 Å². The largest absolute Gasteiger partial charge is 0.338 e. The van der Waals surface area contributed by atoms with E-state index in [1.807, 2.05) is 17.0 Å². The highest BCUT2D eigenvalue weighted by molar-refractivity contribution is 5.94. The zero-order chi connectivity index (χ0) is 12.5. The Morgan fingerprint density at radius 1 is 1.11 bits per heavy atom. The lowest BCUT2D eigenvalue weighted by Crippen LogP contribution is -2.36. The Bertz CT molecular complexity index is 460. The molecule has 0 spiro atoms. The number of hydrogen-bond acceptors (Lipinski definition) is 1. The van der Waals surface area contributed by atoms with Crippen LogP contribution in [0.3, 0.4) is 0 Å². The minimum atomic E-state index is 0.171. The van der Waals surface area contributed by atoms with Gasteiger partial charge in [-0.05, 0) is 49.3 Å². The van der Waals surface area contributed by atoms with Crippen molar-refractivity contribution in [3.05, 3.63) is 47.5 Å². The first kappa shape index (κ1) is 11.5. The van der Waals surface area contributed by atoms with Crippen molar-refractivity contribution >= 4 is 5.91 Å². The molecule has 2 nitrogen and oxygen atoms in total. The molecule has 0 unspecified atom stereocenters. The summed E-state index contributed by atoms with van der Waals surface area (Å²) in [6.07, 6.45) is 4.51. The molecule has 1 aromatic rings. The summed E-state index contributed by atoms with van der Waals surface area (Å²) in [5.41, 5.74) is 3.48. The first-order chi connectivity index (χ1) is 8.74. The molecule has 0 N–H and O–H groups in total. The van der Waals surface area contributed by atoms with Gasteiger partial charge >= 0.3 is 0 Å². The van der Waals surface area contributed by atoms with Crippen molar-refractivity contribution in [1.82, 2.24) is 4.90 Å². The van der Waals surface area contributed by atoms with E-state index in [0.29, 0.717) is 0 Å². The van der Waals surface area contributed by atoms with Gasteiger partial charge in [0.15, 0.2) is 0 Å². The van der Waals surface area contributed by atoms with Gasteiger partial charge in [0, 0.05) is 18.7 Å². The summed E-state index contributed by atoms with van der Waals surface area (Å²) >= 11 is 0. The third-order valence-electron chi connectivity index (χ3n) is 3.96. The molecule has 2 fully saturated rings. The minimum Gasteiger partial charge on any atom is -0.338 e. The van der Waals surface area contributed by atoms with Gasteiger partial charge in [-0.3, -0.25) is 4.79 Å². The lowest BCUT2D eigenvalue weighted by atomic mass is 10.0. The van der Waals surface area contributed by atoms with Crippen LogP contribution in [0.15, 0.2) is 36.4 Å². The topological polar surface area (TPSA) is 20.3 Å². The molecule has 94 valence electrons. The van der Waals surface area contributed by atoms with Crippen LogP contribution >= 0.6 is 0 Å². The number of hydrogen-bond donors (Lipinski definition) is 0. The van der Waals surface area contributed by atoms with Gasteiger partial charge in [0.25, 0.3) is 5.91 Å². The highest BCUT2D eigenvalue weighted by Crippen LogP contribution is 2.39. The number of carbonyl (C=O) groups excluding carboxylic acids is 1. The van der Waals surface area contributed by atoms with Gasteiger partial charge in [-0.1, -0.05) is 24.3 Å². The highest BCUT2D eigenvalue weighted by atomic mass is 16.2. The van der Waals surface area contributed by atoms with Crippen molar-refractivity contribution in [3.63, 3.8) is 0 Å². The molecule has 1 amide bonds. The van der Waals surface area contributed by atoms with Crippen molar-refractivity contribution in [2.45, 2.75) is 31.6 Å². The first-order valence-corrected chi connectivity index (χ1v) is 6.80. The van der Waals surface area contributed by atoms with E-state index in [4.69, 9.17) is 0 Å². The van der Waals surface area contributed by atoms with Crippen molar-refractivity contribution in [2.24, 2.45) is 0 Å². The second-order valence-corrected chi connectivity index (χ2v) is 5.44. The fourth-order valence-corrected chi connectivity index (χ4v) is 2.52. The van der Waals surface area contributed by atoms with Crippen molar-refractivity contribution in [2.75, 3.05) is 13.1 Å². The Morgan fingerprint density at radius 3 is 2.28 bits per heavy atom. The van der Waals surface area contributed by atoms with E-state index in [1.165, 1.54) is 24.0 Å². The fourth-order valence-electron chi connectivity index (χ4n) is 2.52. The van der Waals surface area contributed by atoms with Crippen LogP contribution < -0.4 is 0 Å². The van der Waals surface area contributed by atoms with Crippen molar-refractivity contribution in [3.8, 4) is 0 Å². The van der Waals surface area contributed by atoms with Crippen LogP contribution in [-0.2, 0) is 0 Å². The summed E-state index contributed by atoms with van der Waals surface area (Å²) in [5.74, 6) is 0.928. The van der Waals surface area contributed by atoms with Gasteiger partial charge in [-0.25, -0.2) is 0 Å². The van der Waals surface area contributed by atoms with Gasteiger partial charge in [0.2, 0.25) is 0 Å². The average Bonchev–Trinajstić information content (AvgIpc) is 3.23. The molecule has 2 aliphatic rings. The van der Waals surface area contributed by atoms with Crippen molar-refractivity contribution in [1.29, 1.82) is 0 Å². The van der Waals surface area contributed by atoms with E-state index >= 15 is 0 Å². The molecule has 2 heteroatoms. The maximum Gasteiger partial charge on any atom is 0.253 e. The number of nitrogens with zero attached hydrogens (tertiary/aromatic N) is 1. The number of benzene rings is 1. The normalized spacial score (nSPS) is 20.0. The van der Waals surface area contributed by atoms with E-state index in [0.717, 1.165) is 37.4 Å². The maximum atomic E-state index is 12.3. The molecule has 1 saturated carbocycles. The molecule has 1 heterocycles. The predicted octanol–water partition coefficient (Wildman–Crippen LogP) is 3.36. The first-order valence-electron chi connectivity index (χ1n) is 6.80.